The average molecular weight is 275 g/mol. The third-order valence-corrected chi connectivity index (χ3v) is 2.99. The molecule has 1 amide bonds. The van der Waals surface area contributed by atoms with Gasteiger partial charge >= 0.3 is 0 Å². The normalized spacial score (nSPS) is 10.2. The Hall–Kier alpha value is -1.87. The molecular weight excluding hydrogens is 260 g/mol. The van der Waals surface area contributed by atoms with Crippen LogP contribution in [0.25, 0.3) is 0 Å². The Kier molecular flexibility index (Phi) is 4.53. The fourth-order valence-electron chi connectivity index (χ4n) is 1.70. The molecule has 19 heavy (non-hydrogen) atoms. The highest BCUT2D eigenvalue weighted by Gasteiger charge is 2.05. The highest BCUT2D eigenvalue weighted by Crippen LogP contribution is 2.10. The molecular formula is C15H15ClN2O. The minimum absolute atomic E-state index is 0.109. The molecule has 1 aromatic heterocycles. The first-order valence-electron chi connectivity index (χ1n) is 6.10. The van der Waals surface area contributed by atoms with Gasteiger partial charge in [0.15, 0.2) is 0 Å². The number of carbonyl (C=O) groups excluding carboxylic acids is 1. The number of hydrogen-bond acceptors (Lipinski definition) is 2. The molecule has 0 spiro atoms. The zero-order valence-electron chi connectivity index (χ0n) is 10.7. The van der Waals surface area contributed by atoms with Gasteiger partial charge in [-0.15, -0.1) is 0 Å². The van der Waals surface area contributed by atoms with Gasteiger partial charge < -0.3 is 5.32 Å². The molecule has 0 aliphatic carbocycles. The van der Waals surface area contributed by atoms with E-state index < -0.39 is 0 Å². The molecule has 0 aliphatic heterocycles. The van der Waals surface area contributed by atoms with Gasteiger partial charge in [-0.25, -0.2) is 0 Å². The van der Waals surface area contributed by atoms with Crippen LogP contribution in [0.5, 0.6) is 0 Å². The third kappa shape index (κ3) is 4.07. The summed E-state index contributed by atoms with van der Waals surface area (Å²) in [7, 11) is 0. The number of aromatic nitrogens is 1. The van der Waals surface area contributed by atoms with Crippen molar-refractivity contribution in [3.63, 3.8) is 0 Å². The van der Waals surface area contributed by atoms with Crippen molar-refractivity contribution in [1.29, 1.82) is 0 Å². The van der Waals surface area contributed by atoms with Gasteiger partial charge in [0.05, 0.1) is 0 Å². The summed E-state index contributed by atoms with van der Waals surface area (Å²) in [5, 5.41) is 3.43. The first kappa shape index (κ1) is 13.6. The Bertz CT molecular complexity index is 567. The van der Waals surface area contributed by atoms with Crippen LogP contribution in [0.1, 0.15) is 21.6 Å². The topological polar surface area (TPSA) is 42.0 Å². The van der Waals surface area contributed by atoms with Crippen LogP contribution in [0.3, 0.4) is 0 Å². The van der Waals surface area contributed by atoms with Crippen molar-refractivity contribution in [2.45, 2.75) is 13.3 Å². The standard InChI is InChI=1S/C15H15ClN2O/c1-11-5-6-12(10-18-11)7-8-17-15(19)13-3-2-4-14(16)9-13/h2-6,9-10H,7-8H2,1H3,(H,17,19). The van der Waals surface area contributed by atoms with Crippen LogP contribution in [0, 0.1) is 6.92 Å². The van der Waals surface area contributed by atoms with E-state index in [0.717, 1.165) is 17.7 Å². The number of benzene rings is 1. The van der Waals surface area contributed by atoms with E-state index in [1.807, 2.05) is 25.3 Å². The second kappa shape index (κ2) is 6.34. The molecule has 0 saturated carbocycles. The van der Waals surface area contributed by atoms with Gasteiger partial charge in [-0.3, -0.25) is 9.78 Å². The maximum Gasteiger partial charge on any atom is 0.251 e. The van der Waals surface area contributed by atoms with E-state index in [2.05, 4.69) is 10.3 Å². The Morgan fingerprint density at radius 2 is 2.16 bits per heavy atom. The zero-order chi connectivity index (χ0) is 13.7. The minimum Gasteiger partial charge on any atom is -0.352 e. The first-order valence-corrected chi connectivity index (χ1v) is 6.48. The van der Waals surface area contributed by atoms with Gasteiger partial charge in [0.2, 0.25) is 0 Å². The maximum absolute atomic E-state index is 11.9. The molecule has 0 atom stereocenters. The third-order valence-electron chi connectivity index (χ3n) is 2.76. The fourth-order valence-corrected chi connectivity index (χ4v) is 1.89. The van der Waals surface area contributed by atoms with Crippen LogP contribution < -0.4 is 5.32 Å². The average Bonchev–Trinajstić information content (AvgIpc) is 2.41. The monoisotopic (exact) mass is 274 g/mol. The molecule has 2 rings (SSSR count). The molecule has 1 N–H and O–H groups in total. The summed E-state index contributed by atoms with van der Waals surface area (Å²) in [6, 6.07) is 10.9. The lowest BCUT2D eigenvalue weighted by Gasteiger charge is -2.05. The van der Waals surface area contributed by atoms with Gasteiger partial charge in [0, 0.05) is 29.0 Å². The van der Waals surface area contributed by atoms with Crippen LogP contribution in [-0.4, -0.2) is 17.4 Å². The molecule has 4 heteroatoms. The zero-order valence-corrected chi connectivity index (χ0v) is 11.4. The SMILES string of the molecule is Cc1ccc(CCNC(=O)c2cccc(Cl)c2)cn1. The van der Waals surface area contributed by atoms with E-state index >= 15 is 0 Å². The molecule has 0 aliphatic rings. The van der Waals surface area contributed by atoms with Crippen molar-refractivity contribution >= 4 is 17.5 Å². The predicted molar refractivity (Wildman–Crippen MR) is 76.5 cm³/mol. The van der Waals surface area contributed by atoms with E-state index in [0.29, 0.717) is 17.1 Å². The lowest BCUT2D eigenvalue weighted by Crippen LogP contribution is -2.25. The second-order valence-electron chi connectivity index (χ2n) is 4.32. The molecule has 2 aromatic rings. The number of hydrogen-bond donors (Lipinski definition) is 1. The molecule has 0 radical (unpaired) electrons. The molecule has 1 heterocycles. The molecule has 98 valence electrons. The van der Waals surface area contributed by atoms with Crippen molar-refractivity contribution in [3.05, 3.63) is 64.4 Å². The summed E-state index contributed by atoms with van der Waals surface area (Å²) in [4.78, 5) is 16.1. The lowest BCUT2D eigenvalue weighted by atomic mass is 10.2. The summed E-state index contributed by atoms with van der Waals surface area (Å²) in [5.74, 6) is -0.109. The van der Waals surface area contributed by atoms with Crippen molar-refractivity contribution in [1.82, 2.24) is 10.3 Å². The first-order chi connectivity index (χ1) is 9.15. The van der Waals surface area contributed by atoms with Crippen LogP contribution >= 0.6 is 11.6 Å². The summed E-state index contributed by atoms with van der Waals surface area (Å²) in [6.45, 7) is 2.53. The van der Waals surface area contributed by atoms with E-state index in [-0.39, 0.29) is 5.91 Å². The van der Waals surface area contributed by atoms with Crippen molar-refractivity contribution < 1.29 is 4.79 Å². The number of aryl methyl sites for hydroxylation is 1. The maximum atomic E-state index is 11.9. The Morgan fingerprint density at radius 1 is 1.32 bits per heavy atom. The van der Waals surface area contributed by atoms with E-state index in [1.165, 1.54) is 0 Å². The van der Waals surface area contributed by atoms with E-state index in [4.69, 9.17) is 11.6 Å². The Morgan fingerprint density at radius 3 is 2.84 bits per heavy atom. The molecule has 0 saturated heterocycles. The summed E-state index contributed by atoms with van der Waals surface area (Å²) in [5.41, 5.74) is 2.68. The predicted octanol–water partition coefficient (Wildman–Crippen LogP) is 3.02. The number of rotatable bonds is 4. The molecule has 0 bridgehead atoms. The largest absolute Gasteiger partial charge is 0.352 e. The number of carbonyl (C=O) groups is 1. The van der Waals surface area contributed by atoms with Crippen LogP contribution in [0.15, 0.2) is 42.6 Å². The smallest absolute Gasteiger partial charge is 0.251 e. The number of halogens is 1. The minimum atomic E-state index is -0.109. The van der Waals surface area contributed by atoms with Gasteiger partial charge in [0.25, 0.3) is 5.91 Å². The number of nitrogens with one attached hydrogen (secondary N) is 1. The number of amides is 1. The van der Waals surface area contributed by atoms with Crippen molar-refractivity contribution in [3.8, 4) is 0 Å². The quantitative estimate of drug-likeness (QED) is 0.931. The van der Waals surface area contributed by atoms with Gasteiger partial charge in [0.1, 0.15) is 0 Å². The molecule has 0 fully saturated rings. The van der Waals surface area contributed by atoms with Crippen LogP contribution in [-0.2, 0) is 6.42 Å². The summed E-state index contributed by atoms with van der Waals surface area (Å²) >= 11 is 5.85. The van der Waals surface area contributed by atoms with Gasteiger partial charge in [-0.05, 0) is 43.2 Å². The van der Waals surface area contributed by atoms with E-state index in [1.54, 1.807) is 24.3 Å². The highest BCUT2D eigenvalue weighted by atomic mass is 35.5. The van der Waals surface area contributed by atoms with Gasteiger partial charge in [-0.2, -0.15) is 0 Å². The molecule has 0 unspecified atom stereocenters. The van der Waals surface area contributed by atoms with Crippen LogP contribution in [0.4, 0.5) is 0 Å². The number of nitrogens with zero attached hydrogens (tertiary/aromatic N) is 1. The molecule has 3 nitrogen and oxygen atoms in total. The fraction of sp³-hybridized carbons (Fsp3) is 0.200. The highest BCUT2D eigenvalue weighted by molar-refractivity contribution is 6.30. The molecule has 1 aromatic carbocycles. The Labute approximate surface area is 117 Å². The van der Waals surface area contributed by atoms with E-state index in [9.17, 15) is 4.79 Å². The summed E-state index contributed by atoms with van der Waals surface area (Å²) < 4.78 is 0. The van der Waals surface area contributed by atoms with Crippen molar-refractivity contribution in [2.24, 2.45) is 0 Å². The van der Waals surface area contributed by atoms with Gasteiger partial charge in [-0.1, -0.05) is 23.7 Å². The van der Waals surface area contributed by atoms with Crippen LogP contribution in [0.2, 0.25) is 5.02 Å². The summed E-state index contributed by atoms with van der Waals surface area (Å²) in [6.07, 6.45) is 2.60. The Balaban J connectivity index is 1.86. The second-order valence-corrected chi connectivity index (χ2v) is 4.76. The lowest BCUT2D eigenvalue weighted by molar-refractivity contribution is 0.0954. The van der Waals surface area contributed by atoms with Crippen molar-refractivity contribution in [2.75, 3.05) is 6.54 Å². The number of pyridine rings is 1.